The van der Waals surface area contributed by atoms with E-state index < -0.39 is 0 Å². The minimum atomic E-state index is -0.0991. The number of carbonyl (C=O) groups excluding carboxylic acids is 1. The Bertz CT molecular complexity index is 440. The Balaban J connectivity index is 1.80. The van der Waals surface area contributed by atoms with Crippen molar-refractivity contribution < 1.29 is 4.79 Å². The van der Waals surface area contributed by atoms with Crippen LogP contribution in [0.1, 0.15) is 32.5 Å². The molecule has 0 saturated carbocycles. The van der Waals surface area contributed by atoms with Crippen LogP contribution in [0, 0.1) is 5.41 Å². The number of hydrogen-bond donors (Lipinski definition) is 2. The van der Waals surface area contributed by atoms with Crippen LogP contribution < -0.4 is 10.6 Å². The van der Waals surface area contributed by atoms with E-state index in [0.717, 1.165) is 25.2 Å². The normalized spacial score (nSPS) is 22.2. The van der Waals surface area contributed by atoms with Gasteiger partial charge in [-0.2, -0.15) is 5.10 Å². The standard InChI is InChI=1S/C13H23N5O/c1-13(2)6-4-7-14-11(13)12(19)15-8-5-10-16-9-18(3)17-10/h9,11,14H,4-8H2,1-3H3,(H,15,19). The second-order valence-electron chi connectivity index (χ2n) is 5.85. The van der Waals surface area contributed by atoms with Gasteiger partial charge in [0.15, 0.2) is 5.82 Å². The summed E-state index contributed by atoms with van der Waals surface area (Å²) in [4.78, 5) is 16.3. The van der Waals surface area contributed by atoms with Crippen molar-refractivity contribution in [1.29, 1.82) is 0 Å². The molecule has 6 heteroatoms. The first-order valence-electron chi connectivity index (χ1n) is 6.85. The second kappa shape index (κ2) is 5.69. The summed E-state index contributed by atoms with van der Waals surface area (Å²) in [5, 5.41) is 10.5. The summed E-state index contributed by atoms with van der Waals surface area (Å²) in [5.74, 6) is 0.847. The smallest absolute Gasteiger partial charge is 0.237 e. The van der Waals surface area contributed by atoms with Crippen molar-refractivity contribution in [2.45, 2.75) is 39.2 Å². The molecule has 1 atom stereocenters. The van der Waals surface area contributed by atoms with Crippen LogP contribution in [0.3, 0.4) is 0 Å². The van der Waals surface area contributed by atoms with Crippen LogP contribution in [0.4, 0.5) is 0 Å². The fourth-order valence-corrected chi connectivity index (χ4v) is 2.56. The summed E-state index contributed by atoms with van der Waals surface area (Å²) in [6.45, 7) is 5.79. The van der Waals surface area contributed by atoms with Crippen molar-refractivity contribution in [3.05, 3.63) is 12.2 Å². The summed E-state index contributed by atoms with van der Waals surface area (Å²) in [7, 11) is 1.84. The molecule has 1 aromatic heterocycles. The second-order valence-corrected chi connectivity index (χ2v) is 5.85. The average molecular weight is 265 g/mol. The van der Waals surface area contributed by atoms with Crippen LogP contribution in [0.2, 0.25) is 0 Å². The summed E-state index contributed by atoms with van der Waals surface area (Å²) in [6, 6.07) is -0.0991. The zero-order valence-electron chi connectivity index (χ0n) is 11.9. The van der Waals surface area contributed by atoms with Crippen molar-refractivity contribution in [2.24, 2.45) is 12.5 Å². The lowest BCUT2D eigenvalue weighted by atomic mass is 9.77. The first-order chi connectivity index (χ1) is 8.99. The Morgan fingerprint density at radius 3 is 3.05 bits per heavy atom. The van der Waals surface area contributed by atoms with Gasteiger partial charge in [-0.15, -0.1) is 0 Å². The minimum absolute atomic E-state index is 0.0194. The molecule has 19 heavy (non-hydrogen) atoms. The molecule has 1 aliphatic heterocycles. The number of piperidine rings is 1. The van der Waals surface area contributed by atoms with Crippen LogP contribution in [-0.4, -0.2) is 39.8 Å². The van der Waals surface area contributed by atoms with Crippen molar-refractivity contribution >= 4 is 5.91 Å². The number of nitrogens with zero attached hydrogens (tertiary/aromatic N) is 3. The molecular formula is C13H23N5O. The molecular weight excluding hydrogens is 242 g/mol. The Kier molecular flexibility index (Phi) is 4.19. The highest BCUT2D eigenvalue weighted by molar-refractivity contribution is 5.82. The summed E-state index contributed by atoms with van der Waals surface area (Å²) >= 11 is 0. The Hall–Kier alpha value is -1.43. The molecule has 0 radical (unpaired) electrons. The number of aromatic nitrogens is 3. The molecule has 1 unspecified atom stereocenters. The summed E-state index contributed by atoms with van der Waals surface area (Å²) < 4.78 is 1.67. The third-order valence-electron chi connectivity index (χ3n) is 3.68. The molecule has 6 nitrogen and oxygen atoms in total. The van der Waals surface area contributed by atoms with Gasteiger partial charge in [-0.05, 0) is 24.8 Å². The molecule has 1 aromatic rings. The first kappa shape index (κ1) is 14.0. The number of amides is 1. The molecule has 0 aromatic carbocycles. The van der Waals surface area contributed by atoms with Gasteiger partial charge < -0.3 is 10.6 Å². The zero-order valence-corrected chi connectivity index (χ0v) is 11.9. The van der Waals surface area contributed by atoms with Crippen LogP contribution in [0.25, 0.3) is 0 Å². The van der Waals surface area contributed by atoms with Gasteiger partial charge in [0.2, 0.25) is 5.91 Å². The number of aryl methyl sites for hydroxylation is 1. The highest BCUT2D eigenvalue weighted by Crippen LogP contribution is 2.29. The lowest BCUT2D eigenvalue weighted by Crippen LogP contribution is -2.55. The van der Waals surface area contributed by atoms with E-state index in [0.29, 0.717) is 13.0 Å². The van der Waals surface area contributed by atoms with E-state index >= 15 is 0 Å². The van der Waals surface area contributed by atoms with Crippen molar-refractivity contribution in [1.82, 2.24) is 25.4 Å². The summed E-state index contributed by atoms with van der Waals surface area (Å²) in [5.41, 5.74) is 0.0194. The number of hydrogen-bond acceptors (Lipinski definition) is 4. The molecule has 2 N–H and O–H groups in total. The molecule has 0 spiro atoms. The maximum Gasteiger partial charge on any atom is 0.237 e. The monoisotopic (exact) mass is 265 g/mol. The maximum atomic E-state index is 12.2. The minimum Gasteiger partial charge on any atom is -0.354 e. The van der Waals surface area contributed by atoms with Gasteiger partial charge in [0, 0.05) is 20.0 Å². The maximum absolute atomic E-state index is 12.2. The topological polar surface area (TPSA) is 71.8 Å². The van der Waals surface area contributed by atoms with E-state index in [2.05, 4.69) is 34.6 Å². The fourth-order valence-electron chi connectivity index (χ4n) is 2.56. The van der Waals surface area contributed by atoms with Crippen LogP contribution in [0.15, 0.2) is 6.33 Å². The molecule has 1 aliphatic rings. The number of rotatable bonds is 4. The zero-order chi connectivity index (χ0) is 13.9. The van der Waals surface area contributed by atoms with Crippen molar-refractivity contribution in [3.8, 4) is 0 Å². The first-order valence-corrected chi connectivity index (χ1v) is 6.85. The van der Waals surface area contributed by atoms with Gasteiger partial charge in [0.1, 0.15) is 6.33 Å². The van der Waals surface area contributed by atoms with E-state index in [1.54, 1.807) is 11.0 Å². The van der Waals surface area contributed by atoms with E-state index in [1.165, 1.54) is 0 Å². The lowest BCUT2D eigenvalue weighted by Gasteiger charge is -2.38. The summed E-state index contributed by atoms with van der Waals surface area (Å²) in [6.07, 6.45) is 4.55. The van der Waals surface area contributed by atoms with Crippen LogP contribution in [-0.2, 0) is 18.3 Å². The Morgan fingerprint density at radius 2 is 2.42 bits per heavy atom. The highest BCUT2D eigenvalue weighted by Gasteiger charge is 2.36. The third-order valence-corrected chi connectivity index (χ3v) is 3.68. The fraction of sp³-hybridized carbons (Fsp3) is 0.769. The molecule has 2 heterocycles. The van der Waals surface area contributed by atoms with Gasteiger partial charge in [-0.3, -0.25) is 9.48 Å². The van der Waals surface area contributed by atoms with E-state index in [9.17, 15) is 4.79 Å². The number of carbonyl (C=O) groups is 1. The largest absolute Gasteiger partial charge is 0.354 e. The number of nitrogens with one attached hydrogen (secondary N) is 2. The van der Waals surface area contributed by atoms with Gasteiger partial charge in [-0.25, -0.2) is 4.98 Å². The van der Waals surface area contributed by atoms with Gasteiger partial charge >= 0.3 is 0 Å². The Morgan fingerprint density at radius 1 is 1.63 bits per heavy atom. The lowest BCUT2D eigenvalue weighted by molar-refractivity contribution is -0.126. The van der Waals surface area contributed by atoms with Gasteiger partial charge in [0.25, 0.3) is 0 Å². The SMILES string of the molecule is Cn1cnc(CCNC(=O)C2NCCCC2(C)C)n1. The van der Waals surface area contributed by atoms with E-state index in [4.69, 9.17) is 0 Å². The quantitative estimate of drug-likeness (QED) is 0.819. The van der Waals surface area contributed by atoms with Crippen LogP contribution in [0.5, 0.6) is 0 Å². The third kappa shape index (κ3) is 3.53. The molecule has 1 amide bonds. The van der Waals surface area contributed by atoms with Crippen molar-refractivity contribution in [2.75, 3.05) is 13.1 Å². The molecule has 2 rings (SSSR count). The molecule has 1 saturated heterocycles. The predicted molar refractivity (Wildman–Crippen MR) is 72.5 cm³/mol. The predicted octanol–water partition coefficient (Wildman–Crippen LogP) is 0.252. The van der Waals surface area contributed by atoms with E-state index in [1.807, 2.05) is 7.05 Å². The average Bonchev–Trinajstić information content (AvgIpc) is 2.74. The highest BCUT2D eigenvalue weighted by atomic mass is 16.2. The molecule has 0 aliphatic carbocycles. The van der Waals surface area contributed by atoms with E-state index in [-0.39, 0.29) is 17.4 Å². The van der Waals surface area contributed by atoms with Gasteiger partial charge in [0.05, 0.1) is 6.04 Å². The molecule has 1 fully saturated rings. The molecule has 106 valence electrons. The van der Waals surface area contributed by atoms with Gasteiger partial charge in [-0.1, -0.05) is 13.8 Å². The van der Waals surface area contributed by atoms with Crippen LogP contribution >= 0.6 is 0 Å². The van der Waals surface area contributed by atoms with Crippen molar-refractivity contribution in [3.63, 3.8) is 0 Å². The molecule has 0 bridgehead atoms. The Labute approximate surface area is 114 Å².